The third-order valence-electron chi connectivity index (χ3n) is 3.73. The van der Waals surface area contributed by atoms with E-state index < -0.39 is 0 Å². The van der Waals surface area contributed by atoms with E-state index in [1.807, 2.05) is 49.4 Å². The quantitative estimate of drug-likeness (QED) is 0.570. The van der Waals surface area contributed by atoms with Crippen LogP contribution in [0.2, 0.25) is 0 Å². The Labute approximate surface area is 162 Å². The minimum Gasteiger partial charge on any atom is -0.493 e. The zero-order chi connectivity index (χ0) is 18.2. The molecule has 0 saturated heterocycles. The number of nitrogens with zero attached hydrogens (tertiary/aromatic N) is 1. The summed E-state index contributed by atoms with van der Waals surface area (Å²) in [6, 6.07) is 13.3. The summed E-state index contributed by atoms with van der Waals surface area (Å²) in [5.74, 6) is 1.95. The van der Waals surface area contributed by atoms with Gasteiger partial charge in [0.15, 0.2) is 18.1 Å². The summed E-state index contributed by atoms with van der Waals surface area (Å²) in [4.78, 5) is 14.2. The van der Waals surface area contributed by atoms with Crippen molar-refractivity contribution in [2.24, 2.45) is 0 Å². The second kappa shape index (κ2) is 9.50. The average molecular weight is 455 g/mol. The van der Waals surface area contributed by atoms with Crippen molar-refractivity contribution < 1.29 is 19.0 Å². The van der Waals surface area contributed by atoms with Gasteiger partial charge in [0.05, 0.1) is 14.2 Å². The second-order valence-electron chi connectivity index (χ2n) is 5.34. The van der Waals surface area contributed by atoms with Gasteiger partial charge in [-0.3, -0.25) is 4.79 Å². The average Bonchev–Trinajstić information content (AvgIpc) is 2.65. The van der Waals surface area contributed by atoms with Crippen LogP contribution in [0.4, 0.5) is 0 Å². The van der Waals surface area contributed by atoms with E-state index in [1.54, 1.807) is 19.1 Å². The van der Waals surface area contributed by atoms with E-state index in [2.05, 4.69) is 22.6 Å². The van der Waals surface area contributed by atoms with Crippen LogP contribution in [0.1, 0.15) is 12.5 Å². The molecule has 0 bridgehead atoms. The van der Waals surface area contributed by atoms with Crippen molar-refractivity contribution >= 4 is 28.5 Å². The van der Waals surface area contributed by atoms with Crippen molar-refractivity contribution in [2.75, 3.05) is 27.4 Å². The molecular formula is C19H22INO4. The Balaban J connectivity index is 1.98. The van der Waals surface area contributed by atoms with Crippen molar-refractivity contribution in [2.45, 2.75) is 13.5 Å². The van der Waals surface area contributed by atoms with Crippen LogP contribution >= 0.6 is 22.6 Å². The number of benzene rings is 2. The highest BCUT2D eigenvalue weighted by Crippen LogP contribution is 2.28. The summed E-state index contributed by atoms with van der Waals surface area (Å²) in [7, 11) is 3.20. The zero-order valence-corrected chi connectivity index (χ0v) is 16.8. The van der Waals surface area contributed by atoms with Gasteiger partial charge in [0, 0.05) is 16.7 Å². The number of amides is 1. The molecule has 0 heterocycles. The van der Waals surface area contributed by atoms with Crippen LogP contribution in [-0.2, 0) is 11.3 Å². The van der Waals surface area contributed by atoms with Gasteiger partial charge in [0.1, 0.15) is 5.75 Å². The maximum absolute atomic E-state index is 12.4. The lowest BCUT2D eigenvalue weighted by Crippen LogP contribution is -2.34. The van der Waals surface area contributed by atoms with Gasteiger partial charge in [-0.25, -0.2) is 0 Å². The molecule has 5 nitrogen and oxygen atoms in total. The SMILES string of the molecule is CCN(Cc1ccc(OC)c(OC)c1)C(=O)COc1ccc(I)cc1. The van der Waals surface area contributed by atoms with Gasteiger partial charge in [-0.1, -0.05) is 6.07 Å². The van der Waals surface area contributed by atoms with E-state index in [0.717, 1.165) is 9.13 Å². The van der Waals surface area contributed by atoms with Gasteiger partial charge in [-0.05, 0) is 71.5 Å². The molecule has 0 aromatic heterocycles. The fourth-order valence-corrected chi connectivity index (χ4v) is 2.70. The van der Waals surface area contributed by atoms with Crippen LogP contribution < -0.4 is 14.2 Å². The third kappa shape index (κ3) is 5.52. The lowest BCUT2D eigenvalue weighted by Gasteiger charge is -2.21. The Morgan fingerprint density at radius 1 is 1.04 bits per heavy atom. The van der Waals surface area contributed by atoms with Gasteiger partial charge < -0.3 is 19.1 Å². The smallest absolute Gasteiger partial charge is 0.260 e. The Morgan fingerprint density at radius 3 is 2.32 bits per heavy atom. The lowest BCUT2D eigenvalue weighted by molar-refractivity contribution is -0.133. The van der Waals surface area contributed by atoms with E-state index in [0.29, 0.717) is 30.3 Å². The first kappa shape index (κ1) is 19.4. The highest BCUT2D eigenvalue weighted by molar-refractivity contribution is 14.1. The van der Waals surface area contributed by atoms with Gasteiger partial charge in [-0.2, -0.15) is 0 Å². The molecule has 0 aliphatic heterocycles. The molecule has 0 atom stereocenters. The number of hydrogen-bond acceptors (Lipinski definition) is 4. The third-order valence-corrected chi connectivity index (χ3v) is 4.45. The number of rotatable bonds is 8. The number of carbonyl (C=O) groups is 1. The van der Waals surface area contributed by atoms with Gasteiger partial charge in [0.2, 0.25) is 0 Å². The monoisotopic (exact) mass is 455 g/mol. The summed E-state index contributed by atoms with van der Waals surface area (Å²) < 4.78 is 17.3. The van der Waals surface area contributed by atoms with Crippen LogP contribution in [0, 0.1) is 3.57 Å². The molecule has 0 spiro atoms. The van der Waals surface area contributed by atoms with Crippen LogP contribution in [0.5, 0.6) is 17.2 Å². The van der Waals surface area contributed by atoms with E-state index in [-0.39, 0.29) is 12.5 Å². The van der Waals surface area contributed by atoms with E-state index in [9.17, 15) is 4.79 Å². The molecule has 2 rings (SSSR count). The fraction of sp³-hybridized carbons (Fsp3) is 0.316. The maximum Gasteiger partial charge on any atom is 0.260 e. The first-order valence-corrected chi connectivity index (χ1v) is 9.02. The molecule has 0 unspecified atom stereocenters. The minimum atomic E-state index is -0.0594. The predicted octanol–water partition coefficient (Wildman–Crippen LogP) is 3.74. The van der Waals surface area contributed by atoms with E-state index in [1.165, 1.54) is 0 Å². The zero-order valence-electron chi connectivity index (χ0n) is 14.6. The molecule has 6 heteroatoms. The van der Waals surface area contributed by atoms with Crippen molar-refractivity contribution in [3.05, 3.63) is 51.6 Å². The largest absolute Gasteiger partial charge is 0.493 e. The van der Waals surface area contributed by atoms with E-state index in [4.69, 9.17) is 14.2 Å². The number of hydrogen-bond donors (Lipinski definition) is 0. The summed E-state index contributed by atoms with van der Waals surface area (Å²) in [6.45, 7) is 3.06. The highest BCUT2D eigenvalue weighted by atomic mass is 127. The standard InChI is InChI=1S/C19H22INO4/c1-4-21(12-14-5-10-17(23-2)18(11-14)24-3)19(22)13-25-16-8-6-15(20)7-9-16/h5-11H,4,12-13H2,1-3H3. The lowest BCUT2D eigenvalue weighted by atomic mass is 10.2. The van der Waals surface area contributed by atoms with Crippen LogP contribution in [0.3, 0.4) is 0 Å². The number of carbonyl (C=O) groups excluding carboxylic acids is 1. The first-order chi connectivity index (χ1) is 12.1. The number of halogens is 1. The molecule has 0 N–H and O–H groups in total. The number of likely N-dealkylation sites (N-methyl/N-ethyl adjacent to an activating group) is 1. The van der Waals surface area contributed by atoms with Crippen LogP contribution in [-0.4, -0.2) is 38.2 Å². The Hall–Kier alpha value is -1.96. The number of methoxy groups -OCH3 is 2. The second-order valence-corrected chi connectivity index (χ2v) is 6.59. The van der Waals surface area contributed by atoms with Gasteiger partial charge >= 0.3 is 0 Å². The first-order valence-electron chi connectivity index (χ1n) is 7.94. The van der Waals surface area contributed by atoms with Crippen molar-refractivity contribution in [3.8, 4) is 17.2 Å². The summed E-state index contributed by atoms with van der Waals surface area (Å²) in [6.07, 6.45) is 0. The van der Waals surface area contributed by atoms with E-state index >= 15 is 0 Å². The summed E-state index contributed by atoms with van der Waals surface area (Å²) in [5, 5.41) is 0. The maximum atomic E-state index is 12.4. The van der Waals surface area contributed by atoms with Crippen molar-refractivity contribution in [1.82, 2.24) is 4.90 Å². The van der Waals surface area contributed by atoms with Crippen molar-refractivity contribution in [1.29, 1.82) is 0 Å². The molecule has 0 saturated carbocycles. The van der Waals surface area contributed by atoms with Gasteiger partial charge in [0.25, 0.3) is 5.91 Å². The number of ether oxygens (including phenoxy) is 3. The highest BCUT2D eigenvalue weighted by Gasteiger charge is 2.14. The van der Waals surface area contributed by atoms with Crippen molar-refractivity contribution in [3.63, 3.8) is 0 Å². The Bertz CT molecular complexity index is 703. The molecular weight excluding hydrogens is 433 g/mol. The summed E-state index contributed by atoms with van der Waals surface area (Å²) in [5.41, 5.74) is 0.974. The molecule has 1 amide bonds. The molecule has 0 fully saturated rings. The Kier molecular flexibility index (Phi) is 7.36. The topological polar surface area (TPSA) is 48.0 Å². The van der Waals surface area contributed by atoms with Gasteiger partial charge in [-0.15, -0.1) is 0 Å². The molecule has 0 aliphatic rings. The summed E-state index contributed by atoms with van der Waals surface area (Å²) >= 11 is 2.23. The van der Waals surface area contributed by atoms with Crippen LogP contribution in [0.25, 0.3) is 0 Å². The van der Waals surface area contributed by atoms with Crippen LogP contribution in [0.15, 0.2) is 42.5 Å². The molecule has 134 valence electrons. The molecule has 0 aliphatic carbocycles. The minimum absolute atomic E-state index is 0.0156. The Morgan fingerprint density at radius 2 is 1.72 bits per heavy atom. The molecule has 2 aromatic rings. The fourth-order valence-electron chi connectivity index (χ4n) is 2.34. The molecule has 25 heavy (non-hydrogen) atoms. The normalized spacial score (nSPS) is 10.2. The molecule has 0 radical (unpaired) electrons. The predicted molar refractivity (Wildman–Crippen MR) is 105 cm³/mol. The molecule has 2 aromatic carbocycles.